The van der Waals surface area contributed by atoms with E-state index in [1.807, 2.05) is 38.1 Å². The zero-order valence-corrected chi connectivity index (χ0v) is 23.2. The SMILES string of the molecule is CCOc1cc([C@H]2C(C(=O)OCCSCC)=C(C)NC3=C2C(=O)C[C@H](c2ccc(OC)cc2)C3)ccc1O. The van der Waals surface area contributed by atoms with Crippen LogP contribution in [0.3, 0.4) is 0 Å². The van der Waals surface area contributed by atoms with Crippen molar-refractivity contribution < 1.29 is 28.9 Å². The number of aromatic hydroxyl groups is 1. The lowest BCUT2D eigenvalue weighted by Gasteiger charge is -2.36. The average molecular weight is 538 g/mol. The number of Topliss-reactive ketones (excluding diaryl/α,β-unsaturated/α-hetero) is 1. The minimum Gasteiger partial charge on any atom is -0.504 e. The molecule has 8 heteroatoms. The molecule has 4 rings (SSSR count). The number of dihydropyridines is 1. The Bertz CT molecular complexity index is 1250. The molecular weight excluding hydrogens is 502 g/mol. The van der Waals surface area contributed by atoms with Gasteiger partial charge in [-0.25, -0.2) is 4.79 Å². The Morgan fingerprint density at radius 3 is 2.53 bits per heavy atom. The average Bonchev–Trinajstić information content (AvgIpc) is 2.91. The smallest absolute Gasteiger partial charge is 0.336 e. The highest BCUT2D eigenvalue weighted by molar-refractivity contribution is 7.99. The molecule has 0 spiro atoms. The van der Waals surface area contributed by atoms with Gasteiger partial charge < -0.3 is 24.6 Å². The van der Waals surface area contributed by atoms with E-state index >= 15 is 0 Å². The van der Waals surface area contributed by atoms with Gasteiger partial charge in [-0.1, -0.05) is 25.1 Å². The van der Waals surface area contributed by atoms with Crippen LogP contribution in [0.5, 0.6) is 17.2 Å². The number of carbonyl (C=O) groups is 2. The van der Waals surface area contributed by atoms with Crippen molar-refractivity contribution in [2.24, 2.45) is 0 Å². The van der Waals surface area contributed by atoms with Gasteiger partial charge >= 0.3 is 5.97 Å². The number of phenolic OH excluding ortho intramolecular Hbond substituents is 1. The monoisotopic (exact) mass is 537 g/mol. The number of methoxy groups -OCH3 is 1. The number of ether oxygens (including phenoxy) is 3. The summed E-state index contributed by atoms with van der Waals surface area (Å²) in [4.78, 5) is 27.2. The first-order chi connectivity index (χ1) is 18.4. The van der Waals surface area contributed by atoms with Crippen molar-refractivity contribution in [1.82, 2.24) is 5.32 Å². The van der Waals surface area contributed by atoms with Gasteiger partial charge in [-0.05, 0) is 67.3 Å². The van der Waals surface area contributed by atoms with Gasteiger partial charge in [-0.15, -0.1) is 0 Å². The molecule has 2 aliphatic rings. The summed E-state index contributed by atoms with van der Waals surface area (Å²) in [5, 5.41) is 13.7. The number of thioether (sulfide) groups is 1. The third-order valence-electron chi connectivity index (χ3n) is 6.92. The third-order valence-corrected chi connectivity index (χ3v) is 7.78. The molecule has 1 aliphatic heterocycles. The second-order valence-electron chi connectivity index (χ2n) is 9.28. The number of phenols is 1. The second-order valence-corrected chi connectivity index (χ2v) is 10.7. The van der Waals surface area contributed by atoms with Crippen LogP contribution < -0.4 is 14.8 Å². The topological polar surface area (TPSA) is 94.1 Å². The molecule has 202 valence electrons. The molecule has 0 unspecified atom stereocenters. The van der Waals surface area contributed by atoms with E-state index in [0.29, 0.717) is 60.0 Å². The highest BCUT2D eigenvalue weighted by atomic mass is 32.2. The normalized spacial score (nSPS) is 19.1. The maximum absolute atomic E-state index is 13.8. The molecule has 0 saturated carbocycles. The van der Waals surface area contributed by atoms with Crippen molar-refractivity contribution in [3.05, 3.63) is 76.1 Å². The number of nitrogens with one attached hydrogen (secondary N) is 1. The van der Waals surface area contributed by atoms with Crippen molar-refractivity contribution in [3.8, 4) is 17.2 Å². The molecule has 1 heterocycles. The van der Waals surface area contributed by atoms with Crippen LogP contribution in [0.1, 0.15) is 56.6 Å². The number of carbonyl (C=O) groups excluding carboxylic acids is 2. The minimum absolute atomic E-state index is 0.00600. The van der Waals surface area contributed by atoms with Crippen LogP contribution in [-0.4, -0.2) is 48.7 Å². The first-order valence-electron chi connectivity index (χ1n) is 13.0. The molecule has 38 heavy (non-hydrogen) atoms. The lowest BCUT2D eigenvalue weighted by Crippen LogP contribution is -2.36. The van der Waals surface area contributed by atoms with Gasteiger partial charge in [0.05, 0.1) is 19.3 Å². The number of allylic oxidation sites excluding steroid dienone is 3. The van der Waals surface area contributed by atoms with Gasteiger partial charge in [-0.3, -0.25) is 4.79 Å². The lowest BCUT2D eigenvalue weighted by molar-refractivity contribution is -0.138. The van der Waals surface area contributed by atoms with Crippen molar-refractivity contribution in [1.29, 1.82) is 0 Å². The van der Waals surface area contributed by atoms with E-state index in [9.17, 15) is 14.7 Å². The molecule has 2 N–H and O–H groups in total. The predicted molar refractivity (Wildman–Crippen MR) is 149 cm³/mol. The van der Waals surface area contributed by atoms with Crippen LogP contribution in [0.25, 0.3) is 0 Å². The van der Waals surface area contributed by atoms with Gasteiger partial charge in [0.15, 0.2) is 17.3 Å². The Kier molecular flexibility index (Phi) is 9.05. The van der Waals surface area contributed by atoms with Crippen molar-refractivity contribution >= 4 is 23.5 Å². The highest BCUT2D eigenvalue weighted by Crippen LogP contribution is 2.47. The summed E-state index contributed by atoms with van der Waals surface area (Å²) in [5.41, 5.74) is 4.22. The molecule has 2 aromatic rings. The van der Waals surface area contributed by atoms with Crippen molar-refractivity contribution in [2.75, 3.05) is 31.8 Å². The molecular formula is C30H35NO6S. The molecule has 7 nitrogen and oxygen atoms in total. The summed E-state index contributed by atoms with van der Waals surface area (Å²) in [7, 11) is 1.63. The summed E-state index contributed by atoms with van der Waals surface area (Å²) in [5.74, 6) is 1.66. The van der Waals surface area contributed by atoms with Crippen LogP contribution in [0, 0.1) is 0 Å². The summed E-state index contributed by atoms with van der Waals surface area (Å²) in [6.45, 7) is 6.41. The van der Waals surface area contributed by atoms with Crippen LogP contribution in [0.4, 0.5) is 0 Å². The first-order valence-corrected chi connectivity index (χ1v) is 14.1. The van der Waals surface area contributed by atoms with Crippen molar-refractivity contribution in [3.63, 3.8) is 0 Å². The fourth-order valence-electron chi connectivity index (χ4n) is 5.15. The molecule has 0 amide bonds. The lowest BCUT2D eigenvalue weighted by atomic mass is 9.71. The minimum atomic E-state index is -0.623. The Morgan fingerprint density at radius 1 is 1.11 bits per heavy atom. The summed E-state index contributed by atoms with van der Waals surface area (Å²) < 4.78 is 16.6. The number of hydrogen-bond donors (Lipinski definition) is 2. The number of rotatable bonds is 10. The molecule has 0 radical (unpaired) electrons. The van der Waals surface area contributed by atoms with E-state index in [0.717, 1.165) is 22.8 Å². The molecule has 2 atom stereocenters. The highest BCUT2D eigenvalue weighted by Gasteiger charge is 2.41. The van der Waals surface area contributed by atoms with Crippen molar-refractivity contribution in [2.45, 2.75) is 45.4 Å². The summed E-state index contributed by atoms with van der Waals surface area (Å²) in [6, 6.07) is 12.8. The van der Waals surface area contributed by atoms with E-state index in [4.69, 9.17) is 14.2 Å². The third kappa shape index (κ3) is 5.85. The number of hydrogen-bond acceptors (Lipinski definition) is 8. The molecule has 0 bridgehead atoms. The maximum atomic E-state index is 13.8. The van der Waals surface area contributed by atoms with Gasteiger partial charge in [0.1, 0.15) is 12.4 Å². The molecule has 0 fully saturated rings. The van der Waals surface area contributed by atoms with Gasteiger partial charge in [0.2, 0.25) is 0 Å². The van der Waals surface area contributed by atoms with Crippen LogP contribution in [-0.2, 0) is 14.3 Å². The van der Waals surface area contributed by atoms with Crippen LogP contribution >= 0.6 is 11.8 Å². The summed E-state index contributed by atoms with van der Waals surface area (Å²) >= 11 is 1.70. The predicted octanol–water partition coefficient (Wildman–Crippen LogP) is 5.46. The van der Waals surface area contributed by atoms with E-state index in [1.165, 1.54) is 0 Å². The van der Waals surface area contributed by atoms with Gasteiger partial charge in [0.25, 0.3) is 0 Å². The van der Waals surface area contributed by atoms with Gasteiger partial charge in [-0.2, -0.15) is 11.8 Å². The van der Waals surface area contributed by atoms with Gasteiger partial charge in [0, 0.05) is 35.1 Å². The number of benzene rings is 2. The zero-order chi connectivity index (χ0) is 27.2. The van der Waals surface area contributed by atoms with E-state index < -0.39 is 11.9 Å². The quantitative estimate of drug-likeness (QED) is 0.305. The molecule has 2 aromatic carbocycles. The fraction of sp³-hybridized carbons (Fsp3) is 0.400. The maximum Gasteiger partial charge on any atom is 0.336 e. The Labute approximate surface area is 228 Å². The van der Waals surface area contributed by atoms with Crippen LogP contribution in [0.15, 0.2) is 65.0 Å². The number of esters is 1. The largest absolute Gasteiger partial charge is 0.504 e. The van der Waals surface area contributed by atoms with E-state index in [1.54, 1.807) is 37.1 Å². The van der Waals surface area contributed by atoms with E-state index in [2.05, 4.69) is 12.2 Å². The first kappa shape index (κ1) is 27.6. The van der Waals surface area contributed by atoms with Crippen LogP contribution in [0.2, 0.25) is 0 Å². The molecule has 0 aromatic heterocycles. The molecule has 1 aliphatic carbocycles. The Morgan fingerprint density at radius 2 is 1.84 bits per heavy atom. The Hall–Kier alpha value is -3.39. The standard InChI is InChI=1S/C30H35NO6S/c1-5-36-26-17-20(9-12-24(26)32)28-27(30(34)37-13-14-38-6-2)18(3)31-23-15-21(16-25(33)29(23)28)19-7-10-22(35-4)11-8-19/h7-12,17,21,28,31-32H,5-6,13-16H2,1-4H3/t21-,28+/m1/s1. The zero-order valence-electron chi connectivity index (χ0n) is 22.3. The summed E-state index contributed by atoms with van der Waals surface area (Å²) in [6.07, 6.45) is 0.960. The number of ketones is 1. The fourth-order valence-corrected chi connectivity index (χ4v) is 5.64. The molecule has 0 saturated heterocycles. The van der Waals surface area contributed by atoms with E-state index in [-0.39, 0.29) is 17.5 Å². The Balaban J connectivity index is 1.74. The second kappa shape index (κ2) is 12.4.